The number of halogens is 3. The molecule has 2 aromatic carbocycles. The van der Waals surface area contributed by atoms with E-state index in [1.54, 1.807) is 42.5 Å². The first kappa shape index (κ1) is 23.8. The molecule has 0 saturated carbocycles. The Morgan fingerprint density at radius 3 is 2.45 bits per heavy atom. The van der Waals surface area contributed by atoms with Crippen LogP contribution in [0.3, 0.4) is 0 Å². The molecule has 0 spiro atoms. The van der Waals surface area contributed by atoms with Crippen LogP contribution >= 0.6 is 0 Å². The molecular formula is C22H22F3N5O3. The molecule has 1 atom stereocenters. The van der Waals surface area contributed by atoms with Crippen molar-refractivity contribution in [2.75, 3.05) is 5.32 Å². The maximum absolute atomic E-state index is 13.3. The molecule has 11 heteroatoms. The van der Waals surface area contributed by atoms with E-state index in [-0.39, 0.29) is 30.6 Å². The van der Waals surface area contributed by atoms with Gasteiger partial charge in [-0.25, -0.2) is 9.48 Å². The number of anilines is 1. The Kier molecular flexibility index (Phi) is 7.34. The number of alkyl halides is 3. The van der Waals surface area contributed by atoms with Gasteiger partial charge in [0, 0.05) is 12.6 Å². The van der Waals surface area contributed by atoms with E-state index < -0.39 is 24.0 Å². The predicted octanol–water partition coefficient (Wildman–Crippen LogP) is 3.60. The summed E-state index contributed by atoms with van der Waals surface area (Å²) in [6.45, 7) is 1.59. The van der Waals surface area contributed by atoms with E-state index in [0.29, 0.717) is 11.6 Å². The maximum atomic E-state index is 13.3. The van der Waals surface area contributed by atoms with Gasteiger partial charge in [0.25, 0.3) is 0 Å². The third kappa shape index (κ3) is 6.56. The highest BCUT2D eigenvalue weighted by molar-refractivity contribution is 5.84. The van der Waals surface area contributed by atoms with Crippen molar-refractivity contribution in [3.63, 3.8) is 0 Å². The average Bonchev–Trinajstić information content (AvgIpc) is 3.21. The van der Waals surface area contributed by atoms with Gasteiger partial charge >= 0.3 is 12.3 Å². The number of hydrogen-bond donors (Lipinski definition) is 3. The number of nitrogens with one attached hydrogen (secondary N) is 2. The Morgan fingerprint density at radius 2 is 1.79 bits per heavy atom. The number of ether oxygens (including phenoxy) is 1. The number of carbonyl (C=O) groups excluding carboxylic acids is 2. The van der Waals surface area contributed by atoms with Crippen LogP contribution in [-0.2, 0) is 28.9 Å². The minimum Gasteiger partial charge on any atom is -0.444 e. The third-order valence-corrected chi connectivity index (χ3v) is 4.48. The lowest BCUT2D eigenvalue weighted by Gasteiger charge is -2.12. The van der Waals surface area contributed by atoms with Crippen LogP contribution in [0.5, 0.6) is 0 Å². The number of carbonyl (C=O) groups is 2. The molecule has 2 amide bonds. The Bertz CT molecular complexity index is 1110. The quantitative estimate of drug-likeness (QED) is 0.498. The van der Waals surface area contributed by atoms with Gasteiger partial charge in [0.1, 0.15) is 12.4 Å². The zero-order valence-electron chi connectivity index (χ0n) is 17.6. The summed E-state index contributed by atoms with van der Waals surface area (Å²) in [6, 6.07) is 15.2. The van der Waals surface area contributed by atoms with Crippen molar-refractivity contribution in [2.24, 2.45) is 5.73 Å². The number of amides is 2. The van der Waals surface area contributed by atoms with Crippen molar-refractivity contribution in [3.8, 4) is 5.69 Å². The molecule has 3 aromatic rings. The molecule has 0 saturated heterocycles. The van der Waals surface area contributed by atoms with E-state index in [1.807, 2.05) is 0 Å². The highest BCUT2D eigenvalue weighted by Crippen LogP contribution is 2.31. The van der Waals surface area contributed by atoms with Crippen molar-refractivity contribution in [1.82, 2.24) is 15.1 Å². The highest BCUT2D eigenvalue weighted by atomic mass is 19.4. The van der Waals surface area contributed by atoms with Crippen LogP contribution in [0.1, 0.15) is 23.7 Å². The first-order chi connectivity index (χ1) is 15.6. The Morgan fingerprint density at radius 1 is 1.09 bits per heavy atom. The molecule has 0 fully saturated rings. The summed E-state index contributed by atoms with van der Waals surface area (Å²) in [5, 5.41) is 8.53. The van der Waals surface area contributed by atoms with Crippen LogP contribution in [0.4, 0.5) is 23.8 Å². The van der Waals surface area contributed by atoms with Crippen LogP contribution in [0.2, 0.25) is 0 Å². The van der Waals surface area contributed by atoms with Crippen molar-refractivity contribution >= 4 is 17.8 Å². The molecule has 4 N–H and O–H groups in total. The monoisotopic (exact) mass is 461 g/mol. The summed E-state index contributed by atoms with van der Waals surface area (Å²) in [6.07, 6.45) is -5.66. The van der Waals surface area contributed by atoms with E-state index in [1.165, 1.54) is 19.1 Å². The molecule has 8 nitrogen and oxygen atoms in total. The van der Waals surface area contributed by atoms with Gasteiger partial charge in [-0.05, 0) is 30.2 Å². The van der Waals surface area contributed by atoms with Crippen molar-refractivity contribution < 1.29 is 27.5 Å². The third-order valence-electron chi connectivity index (χ3n) is 4.48. The molecule has 0 radical (unpaired) electrons. The number of benzene rings is 2. The maximum Gasteiger partial charge on any atom is 0.435 e. The smallest absolute Gasteiger partial charge is 0.435 e. The molecule has 0 aliphatic carbocycles. The summed E-state index contributed by atoms with van der Waals surface area (Å²) in [5.74, 6) is -0.598. The molecule has 3 rings (SSSR count). The van der Waals surface area contributed by atoms with Crippen LogP contribution in [-0.4, -0.2) is 27.8 Å². The van der Waals surface area contributed by atoms with Gasteiger partial charge < -0.3 is 15.8 Å². The fourth-order valence-corrected chi connectivity index (χ4v) is 2.82. The van der Waals surface area contributed by atoms with E-state index in [2.05, 4.69) is 15.7 Å². The molecule has 0 aliphatic heterocycles. The highest BCUT2D eigenvalue weighted by Gasteiger charge is 2.35. The van der Waals surface area contributed by atoms with Gasteiger partial charge in [-0.3, -0.25) is 10.1 Å². The number of hydrogen-bond acceptors (Lipinski definition) is 5. The van der Waals surface area contributed by atoms with Gasteiger partial charge in [-0.1, -0.05) is 42.5 Å². The topological polar surface area (TPSA) is 111 Å². The molecule has 0 unspecified atom stereocenters. The van der Waals surface area contributed by atoms with Crippen LogP contribution in [0.25, 0.3) is 5.69 Å². The number of nitrogens with two attached hydrogens (primary N) is 1. The summed E-state index contributed by atoms with van der Waals surface area (Å²) in [7, 11) is 0. The van der Waals surface area contributed by atoms with Gasteiger partial charge in [-0.15, -0.1) is 0 Å². The first-order valence-electron chi connectivity index (χ1n) is 9.91. The number of nitrogens with zero attached hydrogens (tertiary/aromatic N) is 2. The van der Waals surface area contributed by atoms with Gasteiger partial charge in [0.15, 0.2) is 5.69 Å². The number of aromatic nitrogens is 2. The summed E-state index contributed by atoms with van der Waals surface area (Å²) in [5.41, 5.74) is 5.89. The predicted molar refractivity (Wildman–Crippen MR) is 114 cm³/mol. The lowest BCUT2D eigenvalue weighted by molar-refractivity contribution is -0.141. The fraction of sp³-hybridized carbons (Fsp3) is 0.227. The van der Waals surface area contributed by atoms with E-state index >= 15 is 0 Å². The first-order valence-corrected chi connectivity index (χ1v) is 9.91. The zero-order chi connectivity index (χ0) is 24.0. The summed E-state index contributed by atoms with van der Waals surface area (Å²) < 4.78 is 45.9. The lowest BCUT2D eigenvalue weighted by Crippen LogP contribution is -2.37. The largest absolute Gasteiger partial charge is 0.444 e. The van der Waals surface area contributed by atoms with Crippen LogP contribution < -0.4 is 16.4 Å². The lowest BCUT2D eigenvalue weighted by atomic mass is 10.2. The minimum atomic E-state index is -4.72. The van der Waals surface area contributed by atoms with Crippen molar-refractivity contribution in [3.05, 3.63) is 77.5 Å². The van der Waals surface area contributed by atoms with Crippen molar-refractivity contribution in [1.29, 1.82) is 0 Å². The zero-order valence-corrected chi connectivity index (χ0v) is 17.6. The Balaban J connectivity index is 1.81. The molecular weight excluding hydrogens is 439 g/mol. The SMILES string of the molecule is C[C@H](N)C(=O)NCc1cccc(-n2nc(C(F)(F)F)cc2NC(=O)OCc2ccccc2)c1. The second-order valence-corrected chi connectivity index (χ2v) is 7.19. The standard InChI is InChI=1S/C22H22F3N5O3/c1-14(26)20(31)27-12-16-8-5-9-17(10-16)30-19(11-18(29-30)22(23,24)25)28-21(32)33-13-15-6-3-2-4-7-15/h2-11,14H,12-13,26H2,1H3,(H,27,31)(H,28,32)/t14-/m0/s1. The average molecular weight is 461 g/mol. The summed E-state index contributed by atoms with van der Waals surface area (Å²) >= 11 is 0. The Hall–Kier alpha value is -3.86. The van der Waals surface area contributed by atoms with Crippen molar-refractivity contribution in [2.45, 2.75) is 32.3 Å². The summed E-state index contributed by atoms with van der Waals surface area (Å²) in [4.78, 5) is 23.9. The second-order valence-electron chi connectivity index (χ2n) is 7.19. The van der Waals surface area contributed by atoms with Crippen LogP contribution in [0, 0.1) is 0 Å². The van der Waals surface area contributed by atoms with Gasteiger partial charge in [-0.2, -0.15) is 18.3 Å². The molecule has 1 aromatic heterocycles. The normalized spacial score (nSPS) is 12.2. The minimum absolute atomic E-state index is 0.0539. The fourth-order valence-electron chi connectivity index (χ4n) is 2.82. The second kappa shape index (κ2) is 10.2. The van der Waals surface area contributed by atoms with E-state index in [4.69, 9.17) is 10.5 Å². The van der Waals surface area contributed by atoms with Gasteiger partial charge in [0.2, 0.25) is 5.91 Å². The van der Waals surface area contributed by atoms with E-state index in [9.17, 15) is 22.8 Å². The molecule has 1 heterocycles. The number of rotatable bonds is 7. The molecule has 0 aliphatic rings. The molecule has 33 heavy (non-hydrogen) atoms. The molecule has 0 bridgehead atoms. The molecule has 174 valence electrons. The van der Waals surface area contributed by atoms with Gasteiger partial charge in [0.05, 0.1) is 11.7 Å². The van der Waals surface area contributed by atoms with Crippen LogP contribution in [0.15, 0.2) is 60.7 Å². The van der Waals surface area contributed by atoms with E-state index in [0.717, 1.165) is 10.2 Å². The Labute approximate surface area is 187 Å².